The zero-order valence-electron chi connectivity index (χ0n) is 23.4. The van der Waals surface area contributed by atoms with E-state index in [-0.39, 0.29) is 35.1 Å². The topological polar surface area (TPSA) is 102 Å². The van der Waals surface area contributed by atoms with Crippen LogP contribution in [-0.2, 0) is 22.6 Å². The monoisotopic (exact) mass is 613 g/mol. The Bertz CT molecular complexity index is 1710. The van der Waals surface area contributed by atoms with E-state index in [1.807, 2.05) is 21.9 Å². The standard InChI is InChI=1S/C30H33Cl2N5O3S/c1-30(2,3)15-37-14-21-17(9-22(31)27-20(21)13-33-35-27)8-18(29(37)40)10-26(38)36-6-4-16(5-7-36)19-11-24-23(34-28(19)39)12-25(32)41-24/h9,11-13,16,18H,4-8,10,14-15H2,1-3H3,(H,33,35)(H,34,39)/t18-/m0/s1. The molecule has 216 valence electrons. The highest BCUT2D eigenvalue weighted by molar-refractivity contribution is 7.22. The Morgan fingerprint density at radius 1 is 1.15 bits per heavy atom. The van der Waals surface area contributed by atoms with Gasteiger partial charge in [0, 0.05) is 43.5 Å². The number of pyridine rings is 1. The molecule has 1 aromatic carbocycles. The second-order valence-electron chi connectivity index (χ2n) is 12.6. The number of nitrogens with zero attached hydrogens (tertiary/aromatic N) is 3. The van der Waals surface area contributed by atoms with Crippen molar-refractivity contribution in [1.29, 1.82) is 0 Å². The summed E-state index contributed by atoms with van der Waals surface area (Å²) in [6, 6.07) is 5.64. The number of rotatable bonds is 4. The molecule has 8 nitrogen and oxygen atoms in total. The van der Waals surface area contributed by atoms with Crippen LogP contribution in [0.25, 0.3) is 21.1 Å². The van der Waals surface area contributed by atoms with Crippen LogP contribution < -0.4 is 5.56 Å². The van der Waals surface area contributed by atoms with Gasteiger partial charge in [-0.15, -0.1) is 11.3 Å². The molecule has 11 heteroatoms. The van der Waals surface area contributed by atoms with Crippen molar-refractivity contribution < 1.29 is 9.59 Å². The predicted octanol–water partition coefficient (Wildman–Crippen LogP) is 6.12. The lowest BCUT2D eigenvalue weighted by Gasteiger charge is -2.34. The SMILES string of the molecule is CC(C)(C)CN1Cc2c(cc(Cl)c3[nH]ncc23)C[C@@H](CC(=O)N2CCC(c3cc4sc(Cl)cc4[nH]c3=O)CC2)C1=O. The highest BCUT2D eigenvalue weighted by Gasteiger charge is 2.36. The Balaban J connectivity index is 1.20. The average molecular weight is 615 g/mol. The molecule has 0 spiro atoms. The fourth-order valence-corrected chi connectivity index (χ4v) is 7.79. The molecule has 2 aliphatic rings. The quantitative estimate of drug-likeness (QED) is 0.289. The second-order valence-corrected chi connectivity index (χ2v) is 14.7. The highest BCUT2D eigenvalue weighted by atomic mass is 35.5. The first kappa shape index (κ1) is 28.2. The van der Waals surface area contributed by atoms with Crippen molar-refractivity contribution in [2.75, 3.05) is 19.6 Å². The summed E-state index contributed by atoms with van der Waals surface area (Å²) in [5.74, 6) is -0.424. The molecule has 0 saturated carbocycles. The lowest BCUT2D eigenvalue weighted by atomic mass is 9.89. The van der Waals surface area contributed by atoms with Crippen molar-refractivity contribution in [3.8, 4) is 0 Å². The van der Waals surface area contributed by atoms with Gasteiger partial charge in [-0.05, 0) is 59.9 Å². The van der Waals surface area contributed by atoms with E-state index in [4.69, 9.17) is 23.2 Å². The molecule has 0 bridgehead atoms. The Morgan fingerprint density at radius 2 is 1.90 bits per heavy atom. The minimum atomic E-state index is -0.474. The number of carbonyl (C=O) groups excluding carboxylic acids is 2. The third kappa shape index (κ3) is 5.64. The highest BCUT2D eigenvalue weighted by Crippen LogP contribution is 2.36. The molecule has 2 amide bonds. The molecule has 2 aliphatic heterocycles. The fourth-order valence-electron chi connectivity index (χ4n) is 6.36. The molecule has 2 N–H and O–H groups in total. The summed E-state index contributed by atoms with van der Waals surface area (Å²) in [6.45, 7) is 8.49. The van der Waals surface area contributed by atoms with Gasteiger partial charge in [0.25, 0.3) is 5.56 Å². The van der Waals surface area contributed by atoms with E-state index in [0.29, 0.717) is 54.8 Å². The minimum Gasteiger partial charge on any atom is -0.343 e. The van der Waals surface area contributed by atoms with E-state index in [9.17, 15) is 14.4 Å². The molecule has 6 rings (SSSR count). The van der Waals surface area contributed by atoms with Crippen molar-refractivity contribution >= 4 is 67.5 Å². The molecule has 1 atom stereocenters. The van der Waals surface area contributed by atoms with Gasteiger partial charge in [0.05, 0.1) is 37.2 Å². The Morgan fingerprint density at radius 3 is 2.63 bits per heavy atom. The van der Waals surface area contributed by atoms with Gasteiger partial charge >= 0.3 is 0 Å². The molecule has 0 radical (unpaired) electrons. The predicted molar refractivity (Wildman–Crippen MR) is 164 cm³/mol. The first-order chi connectivity index (χ1) is 19.5. The van der Waals surface area contributed by atoms with Crippen molar-refractivity contribution in [2.24, 2.45) is 11.3 Å². The van der Waals surface area contributed by atoms with Gasteiger partial charge < -0.3 is 14.8 Å². The second kappa shape index (κ2) is 10.7. The van der Waals surface area contributed by atoms with E-state index < -0.39 is 5.92 Å². The number of fused-ring (bicyclic) bond motifs is 4. The van der Waals surface area contributed by atoms with Crippen LogP contribution in [0.4, 0.5) is 0 Å². The molecule has 0 unspecified atom stereocenters. The van der Waals surface area contributed by atoms with E-state index in [0.717, 1.165) is 37.8 Å². The van der Waals surface area contributed by atoms with Crippen LogP contribution in [0.1, 0.15) is 62.6 Å². The van der Waals surface area contributed by atoms with Gasteiger partial charge in [-0.1, -0.05) is 44.0 Å². The molecule has 3 aromatic heterocycles. The van der Waals surface area contributed by atoms with Gasteiger partial charge in [0.1, 0.15) is 0 Å². The maximum Gasteiger partial charge on any atom is 0.251 e. The smallest absolute Gasteiger partial charge is 0.251 e. The summed E-state index contributed by atoms with van der Waals surface area (Å²) in [5, 5.41) is 8.66. The van der Waals surface area contributed by atoms with E-state index in [1.165, 1.54) is 11.3 Å². The van der Waals surface area contributed by atoms with Crippen molar-refractivity contribution in [3.63, 3.8) is 0 Å². The zero-order valence-corrected chi connectivity index (χ0v) is 25.7. The van der Waals surface area contributed by atoms with Crippen LogP contribution in [0.15, 0.2) is 29.2 Å². The Hall–Kier alpha value is -2.88. The van der Waals surface area contributed by atoms with Crippen LogP contribution in [0.2, 0.25) is 9.36 Å². The van der Waals surface area contributed by atoms with E-state index in [1.54, 1.807) is 12.3 Å². The van der Waals surface area contributed by atoms with Gasteiger partial charge in [-0.2, -0.15) is 5.10 Å². The van der Waals surface area contributed by atoms with E-state index in [2.05, 4.69) is 36.0 Å². The van der Waals surface area contributed by atoms with Gasteiger partial charge in [0.15, 0.2) is 0 Å². The molecular weight excluding hydrogens is 581 g/mol. The summed E-state index contributed by atoms with van der Waals surface area (Å²) >= 11 is 14.2. The zero-order chi connectivity index (χ0) is 29.1. The van der Waals surface area contributed by atoms with Gasteiger partial charge in [-0.25, -0.2) is 0 Å². The van der Waals surface area contributed by atoms with Crippen LogP contribution >= 0.6 is 34.5 Å². The number of benzene rings is 1. The van der Waals surface area contributed by atoms with Crippen molar-refractivity contribution in [2.45, 2.75) is 58.9 Å². The summed E-state index contributed by atoms with van der Waals surface area (Å²) in [5.41, 5.74) is 4.11. The molecule has 1 fully saturated rings. The number of thiophene rings is 1. The lowest BCUT2D eigenvalue weighted by Crippen LogP contribution is -2.43. The number of piperidine rings is 1. The first-order valence-corrected chi connectivity index (χ1v) is 15.6. The number of carbonyl (C=O) groups is 2. The number of nitrogens with one attached hydrogen (secondary N) is 2. The van der Waals surface area contributed by atoms with Gasteiger partial charge in [0.2, 0.25) is 11.8 Å². The summed E-state index contributed by atoms with van der Waals surface area (Å²) in [6.07, 6.45) is 3.77. The Kier molecular flexibility index (Phi) is 7.41. The number of likely N-dealkylation sites (tertiary alicyclic amines) is 1. The van der Waals surface area contributed by atoms with Crippen molar-refractivity contribution in [3.05, 3.63) is 60.8 Å². The summed E-state index contributed by atoms with van der Waals surface area (Å²) in [4.78, 5) is 47.0. The summed E-state index contributed by atoms with van der Waals surface area (Å²) < 4.78 is 1.60. The largest absolute Gasteiger partial charge is 0.343 e. The van der Waals surface area contributed by atoms with Crippen LogP contribution in [-0.4, -0.2) is 56.4 Å². The molecule has 5 heterocycles. The van der Waals surface area contributed by atoms with E-state index >= 15 is 0 Å². The molecule has 0 aliphatic carbocycles. The number of hydrogen-bond acceptors (Lipinski definition) is 5. The minimum absolute atomic E-state index is 0.00146. The number of hydrogen-bond donors (Lipinski definition) is 2. The normalized spacial score (nSPS) is 18.8. The maximum atomic E-state index is 13.9. The van der Waals surface area contributed by atoms with Crippen molar-refractivity contribution in [1.82, 2.24) is 25.0 Å². The average Bonchev–Trinajstić information content (AvgIpc) is 3.52. The molecule has 4 aromatic rings. The van der Waals surface area contributed by atoms with Gasteiger partial charge in [-0.3, -0.25) is 19.5 Å². The number of H-pyrrole nitrogens is 2. The third-order valence-corrected chi connectivity index (χ3v) is 9.78. The summed E-state index contributed by atoms with van der Waals surface area (Å²) in [7, 11) is 0. The van der Waals surface area contributed by atoms with Crippen LogP contribution in [0.5, 0.6) is 0 Å². The number of aromatic nitrogens is 3. The fraction of sp³-hybridized carbons (Fsp3) is 0.467. The molecule has 1 saturated heterocycles. The Labute approximate surface area is 252 Å². The molecular formula is C30H33Cl2N5O3S. The van der Waals surface area contributed by atoms with Crippen LogP contribution in [0.3, 0.4) is 0 Å². The lowest BCUT2D eigenvalue weighted by molar-refractivity contribution is -0.142. The number of halogens is 2. The third-order valence-electron chi connectivity index (χ3n) is 8.27. The number of amides is 2. The number of aromatic amines is 2. The first-order valence-electron chi connectivity index (χ1n) is 14.0. The maximum absolute atomic E-state index is 13.9. The van der Waals surface area contributed by atoms with Crippen LogP contribution in [0, 0.1) is 11.3 Å². The molecule has 41 heavy (non-hydrogen) atoms.